The Hall–Kier alpha value is -2.49. The van der Waals surface area contributed by atoms with E-state index in [-0.39, 0.29) is 0 Å². The quantitative estimate of drug-likeness (QED) is 0.764. The predicted molar refractivity (Wildman–Crippen MR) is 76.3 cm³/mol. The lowest BCUT2D eigenvalue weighted by molar-refractivity contribution is 0.415. The third-order valence-corrected chi connectivity index (χ3v) is 3.25. The predicted octanol–water partition coefficient (Wildman–Crippen LogP) is 2.90. The Morgan fingerprint density at radius 1 is 1.16 bits per heavy atom. The molecule has 0 radical (unpaired) electrons. The van der Waals surface area contributed by atoms with E-state index in [2.05, 4.69) is 4.98 Å². The van der Waals surface area contributed by atoms with Crippen LogP contribution in [0.3, 0.4) is 0 Å². The summed E-state index contributed by atoms with van der Waals surface area (Å²) in [7, 11) is 1.65. The summed E-state index contributed by atoms with van der Waals surface area (Å²) >= 11 is 0. The zero-order chi connectivity index (χ0) is 13.4. The molecule has 0 amide bonds. The molecular weight excluding hydrogens is 238 g/mol. The zero-order valence-electron chi connectivity index (χ0n) is 10.9. The molecule has 4 nitrogen and oxygen atoms in total. The van der Waals surface area contributed by atoms with E-state index in [1.165, 1.54) is 0 Å². The molecule has 0 spiro atoms. The molecule has 0 bridgehead atoms. The topological polar surface area (TPSA) is 52.5 Å². The Kier molecular flexibility index (Phi) is 2.63. The number of pyridine rings is 1. The number of benzene rings is 1. The first-order valence-corrected chi connectivity index (χ1v) is 6.08. The van der Waals surface area contributed by atoms with E-state index in [1.807, 2.05) is 53.9 Å². The molecule has 0 aliphatic carbocycles. The fourth-order valence-electron chi connectivity index (χ4n) is 2.18. The molecule has 0 saturated carbocycles. The first-order chi connectivity index (χ1) is 9.20. The maximum Gasteiger partial charge on any atom is 0.142 e. The molecule has 2 heterocycles. The van der Waals surface area contributed by atoms with Gasteiger partial charge in [0.25, 0.3) is 0 Å². The highest BCUT2D eigenvalue weighted by Gasteiger charge is 2.12. The molecule has 1 aromatic carbocycles. The van der Waals surface area contributed by atoms with E-state index in [0.717, 1.165) is 28.2 Å². The number of hydrogen-bond donors (Lipinski definition) is 1. The van der Waals surface area contributed by atoms with Crippen molar-refractivity contribution in [2.24, 2.45) is 0 Å². The maximum atomic E-state index is 6.18. The molecule has 2 N–H and O–H groups in total. The Morgan fingerprint density at radius 2 is 1.89 bits per heavy atom. The minimum Gasteiger partial charge on any atom is -0.497 e. The molecule has 4 heteroatoms. The fourth-order valence-corrected chi connectivity index (χ4v) is 2.18. The summed E-state index contributed by atoms with van der Waals surface area (Å²) < 4.78 is 7.07. The minimum absolute atomic E-state index is 0.656. The number of hydrogen-bond acceptors (Lipinski definition) is 3. The number of anilines is 1. The van der Waals surface area contributed by atoms with E-state index in [9.17, 15) is 0 Å². The van der Waals surface area contributed by atoms with Gasteiger partial charge in [-0.2, -0.15) is 0 Å². The average Bonchev–Trinajstić information content (AvgIpc) is 2.78. The summed E-state index contributed by atoms with van der Waals surface area (Å²) in [5.41, 5.74) is 9.97. The van der Waals surface area contributed by atoms with Crippen LogP contribution in [0, 0.1) is 6.92 Å². The summed E-state index contributed by atoms with van der Waals surface area (Å²) in [6.07, 6.45) is 1.93. The van der Waals surface area contributed by atoms with Crippen LogP contribution in [0.2, 0.25) is 0 Å². The van der Waals surface area contributed by atoms with E-state index in [4.69, 9.17) is 10.5 Å². The van der Waals surface area contributed by atoms with Gasteiger partial charge < -0.3 is 10.5 Å². The smallest absolute Gasteiger partial charge is 0.142 e. The van der Waals surface area contributed by atoms with Crippen molar-refractivity contribution in [3.8, 4) is 17.0 Å². The molecule has 0 unspecified atom stereocenters. The Morgan fingerprint density at radius 3 is 2.53 bits per heavy atom. The van der Waals surface area contributed by atoms with Crippen molar-refractivity contribution in [3.05, 3.63) is 48.2 Å². The van der Waals surface area contributed by atoms with Crippen LogP contribution in [-0.2, 0) is 0 Å². The third-order valence-electron chi connectivity index (χ3n) is 3.25. The largest absolute Gasteiger partial charge is 0.497 e. The van der Waals surface area contributed by atoms with Crippen LogP contribution in [0.15, 0.2) is 42.6 Å². The molecule has 0 aliphatic heterocycles. The number of rotatable bonds is 2. The molecule has 2 aromatic heterocycles. The van der Waals surface area contributed by atoms with Crippen molar-refractivity contribution in [1.29, 1.82) is 0 Å². The summed E-state index contributed by atoms with van der Waals surface area (Å²) in [6, 6.07) is 11.7. The van der Waals surface area contributed by atoms with Gasteiger partial charge in [-0.05, 0) is 42.8 Å². The summed E-state index contributed by atoms with van der Waals surface area (Å²) in [5, 5.41) is 0. The molecule has 0 aliphatic rings. The van der Waals surface area contributed by atoms with Gasteiger partial charge in [-0.25, -0.2) is 4.98 Å². The normalized spacial score (nSPS) is 10.8. The number of nitrogens with two attached hydrogens (primary N) is 1. The molecule has 96 valence electrons. The molecule has 0 fully saturated rings. The number of methoxy groups -OCH3 is 1. The van der Waals surface area contributed by atoms with Gasteiger partial charge >= 0.3 is 0 Å². The number of ether oxygens (including phenoxy) is 1. The van der Waals surface area contributed by atoms with Gasteiger partial charge in [0.05, 0.1) is 7.11 Å². The van der Waals surface area contributed by atoms with Crippen molar-refractivity contribution in [3.63, 3.8) is 0 Å². The monoisotopic (exact) mass is 253 g/mol. The van der Waals surface area contributed by atoms with Crippen molar-refractivity contribution in [2.75, 3.05) is 12.8 Å². The number of nitrogen functional groups attached to an aromatic ring is 1. The standard InChI is InChI=1S/C15H15N3O/c1-10-4-3-9-18-14(16)13(17-15(10)18)11-5-7-12(19-2)8-6-11/h3-9H,16H2,1-2H3. The van der Waals surface area contributed by atoms with Crippen LogP contribution in [-0.4, -0.2) is 16.5 Å². The highest BCUT2D eigenvalue weighted by Crippen LogP contribution is 2.28. The van der Waals surface area contributed by atoms with Crippen LogP contribution in [0.5, 0.6) is 5.75 Å². The van der Waals surface area contributed by atoms with Crippen LogP contribution < -0.4 is 10.5 Å². The van der Waals surface area contributed by atoms with E-state index in [0.29, 0.717) is 5.82 Å². The Labute approximate surface area is 111 Å². The lowest BCUT2D eigenvalue weighted by Gasteiger charge is -2.02. The second kappa shape index (κ2) is 4.31. The molecule has 0 atom stereocenters. The summed E-state index contributed by atoms with van der Waals surface area (Å²) in [6.45, 7) is 2.03. The van der Waals surface area contributed by atoms with Gasteiger partial charge in [0.15, 0.2) is 0 Å². The van der Waals surface area contributed by atoms with Crippen molar-refractivity contribution in [1.82, 2.24) is 9.38 Å². The lowest BCUT2D eigenvalue weighted by Crippen LogP contribution is -1.94. The highest BCUT2D eigenvalue weighted by atomic mass is 16.5. The van der Waals surface area contributed by atoms with E-state index >= 15 is 0 Å². The van der Waals surface area contributed by atoms with Gasteiger partial charge in [0, 0.05) is 11.8 Å². The SMILES string of the molecule is COc1ccc(-c2nc3c(C)cccn3c2N)cc1. The van der Waals surface area contributed by atoms with Crippen LogP contribution in [0.25, 0.3) is 16.9 Å². The van der Waals surface area contributed by atoms with Crippen molar-refractivity contribution in [2.45, 2.75) is 6.92 Å². The van der Waals surface area contributed by atoms with Crippen LogP contribution in [0.4, 0.5) is 5.82 Å². The van der Waals surface area contributed by atoms with Crippen molar-refractivity contribution >= 4 is 11.5 Å². The second-order valence-electron chi connectivity index (χ2n) is 4.46. The first kappa shape index (κ1) is 11.6. The maximum absolute atomic E-state index is 6.18. The average molecular weight is 253 g/mol. The zero-order valence-corrected chi connectivity index (χ0v) is 10.9. The van der Waals surface area contributed by atoms with Crippen LogP contribution in [0.1, 0.15) is 5.56 Å². The van der Waals surface area contributed by atoms with Gasteiger partial charge in [0.1, 0.15) is 22.9 Å². The number of aryl methyl sites for hydroxylation is 1. The summed E-state index contributed by atoms with van der Waals surface area (Å²) in [5.74, 6) is 1.48. The Bertz CT molecular complexity index is 729. The number of nitrogens with zero attached hydrogens (tertiary/aromatic N) is 2. The molecule has 3 rings (SSSR count). The first-order valence-electron chi connectivity index (χ1n) is 6.08. The fraction of sp³-hybridized carbons (Fsp3) is 0.133. The lowest BCUT2D eigenvalue weighted by atomic mass is 10.1. The van der Waals surface area contributed by atoms with Crippen molar-refractivity contribution < 1.29 is 4.74 Å². The Balaban J connectivity index is 2.19. The second-order valence-corrected chi connectivity index (χ2v) is 4.46. The molecular formula is C15H15N3O. The highest BCUT2D eigenvalue weighted by molar-refractivity contribution is 5.76. The molecule has 19 heavy (non-hydrogen) atoms. The molecule has 3 aromatic rings. The van der Waals surface area contributed by atoms with E-state index in [1.54, 1.807) is 7.11 Å². The number of fused-ring (bicyclic) bond motifs is 1. The van der Waals surface area contributed by atoms with E-state index < -0.39 is 0 Å². The number of imidazole rings is 1. The van der Waals surface area contributed by atoms with Gasteiger partial charge in [-0.15, -0.1) is 0 Å². The van der Waals surface area contributed by atoms with Gasteiger partial charge in [-0.3, -0.25) is 4.40 Å². The van der Waals surface area contributed by atoms with Gasteiger partial charge in [-0.1, -0.05) is 6.07 Å². The van der Waals surface area contributed by atoms with Crippen LogP contribution >= 0.6 is 0 Å². The minimum atomic E-state index is 0.656. The number of aromatic nitrogens is 2. The van der Waals surface area contributed by atoms with Gasteiger partial charge in [0.2, 0.25) is 0 Å². The summed E-state index contributed by atoms with van der Waals surface area (Å²) in [4.78, 5) is 4.63. The third kappa shape index (κ3) is 1.81. The molecule has 0 saturated heterocycles.